The number of fused-ring (bicyclic) bond motifs is 2. The van der Waals surface area contributed by atoms with Crippen LogP contribution >= 0.6 is 0 Å². The number of nitrogens with zero attached hydrogens (tertiary/aromatic N) is 2. The molecule has 28 heavy (non-hydrogen) atoms. The number of nitrogens with two attached hydrogens (primary N) is 1. The molecule has 0 amide bonds. The van der Waals surface area contributed by atoms with Gasteiger partial charge >= 0.3 is 0 Å². The summed E-state index contributed by atoms with van der Waals surface area (Å²) in [6, 6.07) is 8.74. The first-order valence-electron chi connectivity index (χ1n) is 11.0. The van der Waals surface area contributed by atoms with Gasteiger partial charge in [0, 0.05) is 24.5 Å². The summed E-state index contributed by atoms with van der Waals surface area (Å²) >= 11 is 0. The Morgan fingerprint density at radius 3 is 1.86 bits per heavy atom. The molecular formula is C23H35N5. The molecule has 2 aliphatic rings. The highest BCUT2D eigenvalue weighted by molar-refractivity contribution is 5.47. The van der Waals surface area contributed by atoms with Gasteiger partial charge in [-0.05, 0) is 81.2 Å². The number of hydrogen-bond donors (Lipinski definition) is 3. The van der Waals surface area contributed by atoms with Gasteiger partial charge in [0.25, 0.3) is 0 Å². The molecule has 4 N–H and O–H groups in total. The van der Waals surface area contributed by atoms with Crippen LogP contribution < -0.4 is 16.4 Å². The Morgan fingerprint density at radius 2 is 1.36 bits per heavy atom. The summed E-state index contributed by atoms with van der Waals surface area (Å²) < 4.78 is 0. The summed E-state index contributed by atoms with van der Waals surface area (Å²) in [6.45, 7) is 5.10. The molecule has 2 aliphatic heterocycles. The molecule has 0 unspecified atom stereocenters. The summed E-state index contributed by atoms with van der Waals surface area (Å²) in [7, 11) is 0. The van der Waals surface area contributed by atoms with Gasteiger partial charge in [0.15, 0.2) is 0 Å². The van der Waals surface area contributed by atoms with Crippen molar-refractivity contribution in [3.8, 4) is 0 Å². The third kappa shape index (κ3) is 5.93. The first-order valence-corrected chi connectivity index (χ1v) is 11.0. The lowest BCUT2D eigenvalue weighted by Gasteiger charge is -2.17. The number of anilines is 2. The van der Waals surface area contributed by atoms with Gasteiger partial charge in [0.1, 0.15) is 11.6 Å². The van der Waals surface area contributed by atoms with Gasteiger partial charge in [-0.1, -0.05) is 25.5 Å². The smallest absolute Gasteiger partial charge is 0.129 e. The first kappa shape index (κ1) is 20.6. The van der Waals surface area contributed by atoms with E-state index in [1.54, 1.807) is 0 Å². The lowest BCUT2D eigenvalue weighted by atomic mass is 10.1. The van der Waals surface area contributed by atoms with E-state index in [2.05, 4.69) is 51.8 Å². The average Bonchev–Trinajstić information content (AvgIpc) is 2.76. The van der Waals surface area contributed by atoms with Crippen LogP contribution in [0.5, 0.6) is 0 Å². The highest BCUT2D eigenvalue weighted by Crippen LogP contribution is 2.21. The van der Waals surface area contributed by atoms with E-state index in [0.29, 0.717) is 0 Å². The van der Waals surface area contributed by atoms with E-state index in [1.165, 1.54) is 48.9 Å². The van der Waals surface area contributed by atoms with Crippen molar-refractivity contribution >= 4 is 11.6 Å². The van der Waals surface area contributed by atoms with Crippen LogP contribution in [0.15, 0.2) is 24.3 Å². The number of aromatic nitrogens is 2. The second-order valence-corrected chi connectivity index (χ2v) is 7.68. The second kappa shape index (κ2) is 11.0. The van der Waals surface area contributed by atoms with Crippen molar-refractivity contribution < 1.29 is 0 Å². The van der Waals surface area contributed by atoms with E-state index in [4.69, 9.17) is 5.73 Å². The Balaban J connectivity index is 0.000000161. The van der Waals surface area contributed by atoms with Gasteiger partial charge in [-0.25, -0.2) is 9.97 Å². The summed E-state index contributed by atoms with van der Waals surface area (Å²) in [5, 5.41) is 6.71. The zero-order chi connectivity index (χ0) is 19.6. The molecule has 2 aromatic heterocycles. The second-order valence-electron chi connectivity index (χ2n) is 7.68. The van der Waals surface area contributed by atoms with E-state index < -0.39 is 0 Å². The van der Waals surface area contributed by atoms with Crippen LogP contribution in [0.1, 0.15) is 61.5 Å². The molecule has 0 radical (unpaired) electrons. The van der Waals surface area contributed by atoms with Gasteiger partial charge < -0.3 is 16.4 Å². The predicted octanol–water partition coefficient (Wildman–Crippen LogP) is 4.11. The Hall–Kier alpha value is -2.14. The molecule has 0 bridgehead atoms. The number of pyridine rings is 2. The third-order valence-electron chi connectivity index (χ3n) is 5.33. The van der Waals surface area contributed by atoms with E-state index in [9.17, 15) is 0 Å². The van der Waals surface area contributed by atoms with Gasteiger partial charge in [0.2, 0.25) is 0 Å². The lowest BCUT2D eigenvalue weighted by molar-refractivity contribution is 0.764. The Kier molecular flexibility index (Phi) is 8.09. The topological polar surface area (TPSA) is 75.9 Å². The van der Waals surface area contributed by atoms with E-state index in [1.807, 2.05) is 0 Å². The van der Waals surface area contributed by atoms with Gasteiger partial charge in [-0.3, -0.25) is 0 Å². The molecule has 0 saturated carbocycles. The fourth-order valence-corrected chi connectivity index (χ4v) is 3.66. The van der Waals surface area contributed by atoms with Crippen molar-refractivity contribution in [1.82, 2.24) is 9.97 Å². The fourth-order valence-electron chi connectivity index (χ4n) is 3.66. The average molecular weight is 382 g/mol. The molecule has 5 nitrogen and oxygen atoms in total. The molecule has 2 aromatic rings. The summed E-state index contributed by atoms with van der Waals surface area (Å²) in [5.41, 5.74) is 10.6. The number of nitrogens with one attached hydrogen (secondary N) is 2. The molecule has 0 atom stereocenters. The quantitative estimate of drug-likeness (QED) is 0.702. The summed E-state index contributed by atoms with van der Waals surface area (Å²) in [4.78, 5) is 9.22. The van der Waals surface area contributed by atoms with Crippen molar-refractivity contribution in [3.05, 3.63) is 46.8 Å². The van der Waals surface area contributed by atoms with E-state index in [-0.39, 0.29) is 0 Å². The molecule has 0 fully saturated rings. The standard InChI is InChI=1S/C12H18N2.C11H17N3/c1-2-3-6-11-8-7-10-5-4-9-13-12(10)14-11;12-7-1-4-10-6-5-9-3-2-8-13-11(9)14-10/h7-8H,2-6,9H2,1H3,(H,13,14);5-6H,1-4,7-8,12H2,(H,13,14). The highest BCUT2D eigenvalue weighted by Gasteiger charge is 2.10. The van der Waals surface area contributed by atoms with Crippen LogP contribution in [0.4, 0.5) is 11.6 Å². The monoisotopic (exact) mass is 381 g/mol. The van der Waals surface area contributed by atoms with Crippen molar-refractivity contribution in [2.75, 3.05) is 30.3 Å². The fraction of sp³-hybridized carbons (Fsp3) is 0.565. The first-order chi connectivity index (χ1) is 13.8. The maximum Gasteiger partial charge on any atom is 0.129 e. The van der Waals surface area contributed by atoms with Crippen LogP contribution in [-0.4, -0.2) is 29.6 Å². The minimum atomic E-state index is 0.742. The third-order valence-corrected chi connectivity index (χ3v) is 5.33. The Bertz CT molecular complexity index is 680. The highest BCUT2D eigenvalue weighted by atomic mass is 15.0. The predicted molar refractivity (Wildman–Crippen MR) is 118 cm³/mol. The van der Waals surface area contributed by atoms with Crippen molar-refractivity contribution in [3.63, 3.8) is 0 Å². The summed E-state index contributed by atoms with van der Waals surface area (Å²) in [5.74, 6) is 2.22. The van der Waals surface area contributed by atoms with E-state index >= 15 is 0 Å². The van der Waals surface area contributed by atoms with Crippen LogP contribution in [0.25, 0.3) is 0 Å². The molecule has 152 valence electrons. The summed E-state index contributed by atoms with van der Waals surface area (Å²) in [6.07, 6.45) is 10.4. The molecule has 0 spiro atoms. The molecule has 0 aromatic carbocycles. The lowest BCUT2D eigenvalue weighted by Crippen LogP contribution is -2.14. The normalized spacial score (nSPS) is 14.6. The molecule has 0 saturated heterocycles. The zero-order valence-corrected chi connectivity index (χ0v) is 17.3. The van der Waals surface area contributed by atoms with Crippen molar-refractivity contribution in [1.29, 1.82) is 0 Å². The number of aryl methyl sites for hydroxylation is 4. The number of hydrogen-bond acceptors (Lipinski definition) is 5. The maximum atomic E-state index is 5.47. The maximum absolute atomic E-state index is 5.47. The van der Waals surface area contributed by atoms with Crippen LogP contribution in [0, 0.1) is 0 Å². The SMILES string of the molecule is CCCCc1ccc2c(n1)NCCC2.NCCCc1ccc2c(n1)NCCC2. The Morgan fingerprint density at radius 1 is 0.821 bits per heavy atom. The molecule has 4 rings (SSSR count). The number of rotatable bonds is 6. The van der Waals surface area contributed by atoms with Crippen molar-refractivity contribution in [2.24, 2.45) is 5.73 Å². The number of unbranched alkanes of at least 4 members (excludes halogenated alkanes) is 1. The van der Waals surface area contributed by atoms with Crippen LogP contribution in [-0.2, 0) is 25.7 Å². The molecular weight excluding hydrogens is 346 g/mol. The molecule has 5 heteroatoms. The molecule has 4 heterocycles. The van der Waals surface area contributed by atoms with Gasteiger partial charge in [-0.2, -0.15) is 0 Å². The van der Waals surface area contributed by atoms with Crippen LogP contribution in [0.3, 0.4) is 0 Å². The zero-order valence-electron chi connectivity index (χ0n) is 17.3. The van der Waals surface area contributed by atoms with Crippen molar-refractivity contribution in [2.45, 2.75) is 64.7 Å². The van der Waals surface area contributed by atoms with Gasteiger partial charge in [0.05, 0.1) is 0 Å². The Labute approximate surface area is 169 Å². The molecule has 0 aliphatic carbocycles. The van der Waals surface area contributed by atoms with Crippen LogP contribution in [0.2, 0.25) is 0 Å². The largest absolute Gasteiger partial charge is 0.370 e. The van der Waals surface area contributed by atoms with Gasteiger partial charge in [-0.15, -0.1) is 0 Å². The minimum Gasteiger partial charge on any atom is -0.370 e. The minimum absolute atomic E-state index is 0.742. The van der Waals surface area contributed by atoms with E-state index in [0.717, 1.165) is 62.6 Å².